The average Bonchev–Trinajstić information content (AvgIpc) is 3.25. The molecule has 0 unspecified atom stereocenters. The van der Waals surface area contributed by atoms with Gasteiger partial charge in [-0.25, -0.2) is 9.97 Å². The number of pyridine rings is 1. The van der Waals surface area contributed by atoms with Crippen LogP contribution in [0, 0.1) is 6.92 Å². The molecule has 5 rings (SSSR count). The van der Waals surface area contributed by atoms with Gasteiger partial charge in [0.15, 0.2) is 5.65 Å². The number of aromatic nitrogens is 3. The lowest BCUT2D eigenvalue weighted by Gasteiger charge is -2.30. The van der Waals surface area contributed by atoms with Gasteiger partial charge in [0.1, 0.15) is 5.52 Å². The number of imidazole rings is 1. The molecule has 0 bridgehead atoms. The maximum atomic E-state index is 13.5. The van der Waals surface area contributed by atoms with E-state index in [0.717, 1.165) is 24.0 Å². The number of amides is 1. The first-order valence-electron chi connectivity index (χ1n) is 10.4. The summed E-state index contributed by atoms with van der Waals surface area (Å²) in [5, 5.41) is 0. The van der Waals surface area contributed by atoms with Crippen LogP contribution >= 0.6 is 0 Å². The zero-order valence-corrected chi connectivity index (χ0v) is 16.3. The molecule has 0 aliphatic heterocycles. The maximum Gasteiger partial charge on any atom is 0.256 e. The molecule has 5 nitrogen and oxygen atoms in total. The number of fused-ring (bicyclic) bond motifs is 1. The molecule has 28 heavy (non-hydrogen) atoms. The number of carbonyl (C=O) groups is 1. The van der Waals surface area contributed by atoms with E-state index in [9.17, 15) is 4.79 Å². The van der Waals surface area contributed by atoms with Crippen molar-refractivity contribution in [3.63, 3.8) is 0 Å². The topological polar surface area (TPSA) is 51.0 Å². The van der Waals surface area contributed by atoms with E-state index < -0.39 is 0 Å². The van der Waals surface area contributed by atoms with Crippen molar-refractivity contribution in [1.82, 2.24) is 19.4 Å². The van der Waals surface area contributed by atoms with E-state index in [2.05, 4.69) is 50.6 Å². The predicted octanol–water partition coefficient (Wildman–Crippen LogP) is 4.66. The Kier molecular flexibility index (Phi) is 4.38. The number of benzene rings is 1. The minimum Gasteiger partial charge on any atom is -0.331 e. The summed E-state index contributed by atoms with van der Waals surface area (Å²) in [6, 6.07) is 11.1. The van der Waals surface area contributed by atoms with E-state index in [-0.39, 0.29) is 5.91 Å². The number of carbonyl (C=O) groups excluding carboxylic acids is 1. The van der Waals surface area contributed by atoms with E-state index in [1.165, 1.54) is 36.8 Å². The number of nitrogens with zero attached hydrogens (tertiary/aromatic N) is 4. The van der Waals surface area contributed by atoms with Crippen LogP contribution in [-0.2, 0) is 6.54 Å². The molecule has 2 aliphatic rings. The lowest BCUT2D eigenvalue weighted by molar-refractivity contribution is 0.0664. The Morgan fingerprint density at radius 1 is 1.14 bits per heavy atom. The van der Waals surface area contributed by atoms with Crippen LogP contribution in [0.4, 0.5) is 0 Å². The van der Waals surface area contributed by atoms with Gasteiger partial charge >= 0.3 is 0 Å². The predicted molar refractivity (Wildman–Crippen MR) is 109 cm³/mol. The summed E-state index contributed by atoms with van der Waals surface area (Å²) in [7, 11) is 0. The van der Waals surface area contributed by atoms with Gasteiger partial charge in [0.25, 0.3) is 5.91 Å². The molecule has 144 valence electrons. The first-order valence-corrected chi connectivity index (χ1v) is 10.4. The van der Waals surface area contributed by atoms with E-state index in [1.807, 2.05) is 12.4 Å². The largest absolute Gasteiger partial charge is 0.331 e. The second-order valence-corrected chi connectivity index (χ2v) is 8.25. The van der Waals surface area contributed by atoms with Crippen molar-refractivity contribution in [3.8, 4) is 0 Å². The quantitative estimate of drug-likeness (QED) is 0.653. The van der Waals surface area contributed by atoms with Crippen LogP contribution in [-0.4, -0.2) is 31.4 Å². The highest BCUT2D eigenvalue weighted by molar-refractivity contribution is 5.96. The summed E-state index contributed by atoms with van der Waals surface area (Å²) in [5.41, 5.74) is 4.81. The summed E-state index contributed by atoms with van der Waals surface area (Å²) in [4.78, 5) is 24.7. The minimum absolute atomic E-state index is 0.0746. The fourth-order valence-electron chi connectivity index (χ4n) is 4.38. The summed E-state index contributed by atoms with van der Waals surface area (Å²) >= 11 is 0. The summed E-state index contributed by atoms with van der Waals surface area (Å²) in [6.07, 6.45) is 10.6. The van der Waals surface area contributed by atoms with Crippen LogP contribution < -0.4 is 0 Å². The summed E-state index contributed by atoms with van der Waals surface area (Å²) in [5.74, 6) is 0.0746. The molecule has 2 aliphatic carbocycles. The Balaban J connectivity index is 1.46. The van der Waals surface area contributed by atoms with Crippen molar-refractivity contribution in [2.24, 2.45) is 0 Å². The Morgan fingerprint density at radius 3 is 2.68 bits per heavy atom. The molecule has 0 spiro atoms. The first-order chi connectivity index (χ1) is 13.7. The maximum absolute atomic E-state index is 13.5. The zero-order chi connectivity index (χ0) is 19.1. The number of rotatable bonds is 5. The zero-order valence-electron chi connectivity index (χ0n) is 16.3. The lowest BCUT2D eigenvalue weighted by Crippen LogP contribution is -2.38. The van der Waals surface area contributed by atoms with Crippen LogP contribution in [0.3, 0.4) is 0 Å². The summed E-state index contributed by atoms with van der Waals surface area (Å²) < 4.78 is 2.14. The van der Waals surface area contributed by atoms with Gasteiger partial charge in [-0.05, 0) is 49.8 Å². The van der Waals surface area contributed by atoms with E-state index in [0.29, 0.717) is 24.2 Å². The SMILES string of the molecule is Cc1ccccc1CN(C(=O)c1cnc2c(c1)ncn2C1CC1)C1CCCC1. The Hall–Kier alpha value is -2.69. The number of hydrogen-bond acceptors (Lipinski definition) is 3. The molecule has 0 N–H and O–H groups in total. The third-order valence-corrected chi connectivity index (χ3v) is 6.23. The monoisotopic (exact) mass is 374 g/mol. The highest BCUT2D eigenvalue weighted by atomic mass is 16.2. The van der Waals surface area contributed by atoms with Gasteiger partial charge < -0.3 is 9.47 Å². The normalized spacial score (nSPS) is 17.3. The fraction of sp³-hybridized carbons (Fsp3) is 0.435. The second-order valence-electron chi connectivity index (χ2n) is 8.25. The Bertz CT molecular complexity index is 1010. The van der Waals surface area contributed by atoms with E-state index >= 15 is 0 Å². The van der Waals surface area contributed by atoms with Gasteiger partial charge in [0.05, 0.1) is 11.9 Å². The van der Waals surface area contributed by atoms with E-state index in [4.69, 9.17) is 0 Å². The van der Waals surface area contributed by atoms with Gasteiger partial charge in [-0.3, -0.25) is 4.79 Å². The average molecular weight is 374 g/mol. The highest BCUT2D eigenvalue weighted by Crippen LogP contribution is 2.36. The molecule has 2 aromatic heterocycles. The molecule has 2 heterocycles. The number of aryl methyl sites for hydroxylation is 1. The molecule has 0 saturated heterocycles. The van der Waals surface area contributed by atoms with Gasteiger partial charge in [-0.2, -0.15) is 0 Å². The van der Waals surface area contributed by atoms with Crippen LogP contribution in [0.2, 0.25) is 0 Å². The molecular weight excluding hydrogens is 348 g/mol. The van der Waals surface area contributed by atoms with Gasteiger partial charge in [0.2, 0.25) is 0 Å². The van der Waals surface area contributed by atoms with Gasteiger partial charge in [-0.15, -0.1) is 0 Å². The van der Waals surface area contributed by atoms with E-state index in [1.54, 1.807) is 6.20 Å². The lowest BCUT2D eigenvalue weighted by atomic mass is 10.1. The molecule has 2 saturated carbocycles. The number of hydrogen-bond donors (Lipinski definition) is 0. The molecule has 3 aromatic rings. The van der Waals surface area contributed by atoms with Gasteiger partial charge in [0, 0.05) is 24.8 Å². The van der Waals surface area contributed by atoms with Crippen LogP contribution in [0.1, 0.15) is 66.1 Å². The van der Waals surface area contributed by atoms with Crippen LogP contribution in [0.15, 0.2) is 42.9 Å². The van der Waals surface area contributed by atoms with Gasteiger partial charge in [-0.1, -0.05) is 37.1 Å². The minimum atomic E-state index is 0.0746. The van der Waals surface area contributed by atoms with Crippen molar-refractivity contribution in [2.75, 3.05) is 0 Å². The molecule has 0 radical (unpaired) electrons. The third-order valence-electron chi connectivity index (χ3n) is 6.23. The fourth-order valence-corrected chi connectivity index (χ4v) is 4.38. The van der Waals surface area contributed by atoms with Crippen LogP contribution in [0.25, 0.3) is 11.2 Å². The first kappa shape index (κ1) is 17.4. The standard InChI is InChI=1S/C23H26N4O/c1-16-6-2-3-7-17(16)14-26(19-8-4-5-9-19)23(28)18-12-21-22(24-13-18)27(15-25-21)20-10-11-20/h2-3,6-7,12-13,15,19-20H,4-5,8-11,14H2,1H3. The highest BCUT2D eigenvalue weighted by Gasteiger charge is 2.29. The molecular formula is C23H26N4O. The smallest absolute Gasteiger partial charge is 0.256 e. The van der Waals surface area contributed by atoms with Crippen molar-refractivity contribution in [1.29, 1.82) is 0 Å². The van der Waals surface area contributed by atoms with Crippen molar-refractivity contribution >= 4 is 17.1 Å². The van der Waals surface area contributed by atoms with Crippen molar-refractivity contribution in [3.05, 3.63) is 59.5 Å². The molecule has 0 atom stereocenters. The Labute approximate surface area is 165 Å². The van der Waals surface area contributed by atoms with Crippen LogP contribution in [0.5, 0.6) is 0 Å². The molecule has 2 fully saturated rings. The van der Waals surface area contributed by atoms with Crippen molar-refractivity contribution in [2.45, 2.75) is 64.1 Å². The third kappa shape index (κ3) is 3.19. The molecule has 1 aromatic carbocycles. The summed E-state index contributed by atoms with van der Waals surface area (Å²) in [6.45, 7) is 2.77. The molecule has 1 amide bonds. The second kappa shape index (κ2) is 7.04. The van der Waals surface area contributed by atoms with Crippen molar-refractivity contribution < 1.29 is 4.79 Å². The molecule has 5 heteroatoms. The Morgan fingerprint density at radius 2 is 1.93 bits per heavy atom.